The fourth-order valence-electron chi connectivity index (χ4n) is 1.81. The number of nitrogens with one attached hydrogen (secondary N) is 1. The molecule has 0 aliphatic carbocycles. The predicted octanol–water partition coefficient (Wildman–Crippen LogP) is 0.220. The highest BCUT2D eigenvalue weighted by atomic mass is 16.1. The molecule has 1 aliphatic rings. The van der Waals surface area contributed by atoms with Gasteiger partial charge in [0.15, 0.2) is 0 Å². The van der Waals surface area contributed by atoms with Crippen LogP contribution < -0.4 is 5.56 Å². The predicted molar refractivity (Wildman–Crippen MR) is 45.9 cm³/mol. The van der Waals surface area contributed by atoms with Crippen molar-refractivity contribution in [3.8, 4) is 0 Å². The van der Waals surface area contributed by atoms with E-state index in [1.807, 2.05) is 18.8 Å². The van der Waals surface area contributed by atoms with Crippen LogP contribution in [0.2, 0.25) is 0 Å². The molecule has 0 radical (unpaired) electrons. The third-order valence-corrected chi connectivity index (χ3v) is 2.71. The summed E-state index contributed by atoms with van der Waals surface area (Å²) >= 11 is 0. The fraction of sp³-hybridized carbons (Fsp3) is 0.625. The molecular weight excluding hydrogens is 154 g/mol. The summed E-state index contributed by atoms with van der Waals surface area (Å²) < 4.78 is 1.82. The highest BCUT2D eigenvalue weighted by molar-refractivity contribution is 5.25. The van der Waals surface area contributed by atoms with Crippen LogP contribution in [0.5, 0.6) is 0 Å². The minimum atomic E-state index is 0.0596. The minimum Gasteiger partial charge on any atom is -0.294 e. The lowest BCUT2D eigenvalue weighted by Crippen LogP contribution is -2.19. The van der Waals surface area contributed by atoms with Crippen molar-refractivity contribution in [3.05, 3.63) is 21.6 Å². The van der Waals surface area contributed by atoms with E-state index < -0.39 is 0 Å². The van der Waals surface area contributed by atoms with Gasteiger partial charge in [-0.3, -0.25) is 19.5 Å². The summed E-state index contributed by atoms with van der Waals surface area (Å²) in [6, 6.07) is 0.255. The smallest absolute Gasteiger partial charge is 0.269 e. The molecule has 12 heavy (non-hydrogen) atoms. The van der Waals surface area contributed by atoms with Gasteiger partial charge < -0.3 is 0 Å². The van der Waals surface area contributed by atoms with Crippen LogP contribution in [0.25, 0.3) is 0 Å². The monoisotopic (exact) mass is 167 g/mol. The third kappa shape index (κ3) is 0.783. The lowest BCUT2D eigenvalue weighted by atomic mass is 10.2. The molecule has 1 unspecified atom stereocenters. The first-order valence-corrected chi connectivity index (χ1v) is 4.09. The maximum absolute atomic E-state index is 11.4. The molecule has 0 saturated heterocycles. The molecule has 66 valence electrons. The first-order chi connectivity index (χ1) is 5.61. The number of fused-ring (bicyclic) bond motifs is 1. The van der Waals surface area contributed by atoms with Gasteiger partial charge in [0, 0.05) is 19.6 Å². The second kappa shape index (κ2) is 2.23. The van der Waals surface area contributed by atoms with E-state index in [-0.39, 0.29) is 11.6 Å². The van der Waals surface area contributed by atoms with Gasteiger partial charge >= 0.3 is 0 Å². The number of aryl methyl sites for hydroxylation is 1. The van der Waals surface area contributed by atoms with Crippen molar-refractivity contribution in [2.75, 3.05) is 7.05 Å². The Morgan fingerprint density at radius 1 is 1.50 bits per heavy atom. The zero-order valence-corrected chi connectivity index (χ0v) is 7.59. The zero-order valence-electron chi connectivity index (χ0n) is 7.59. The molecule has 4 heteroatoms. The average molecular weight is 167 g/mol. The van der Waals surface area contributed by atoms with E-state index in [9.17, 15) is 4.79 Å². The fourth-order valence-corrected chi connectivity index (χ4v) is 1.81. The highest BCUT2D eigenvalue weighted by Gasteiger charge is 2.29. The summed E-state index contributed by atoms with van der Waals surface area (Å²) in [5.41, 5.74) is 2.11. The van der Waals surface area contributed by atoms with E-state index >= 15 is 0 Å². The number of hydrogen-bond acceptors (Lipinski definition) is 2. The summed E-state index contributed by atoms with van der Waals surface area (Å²) in [7, 11) is 3.91. The van der Waals surface area contributed by atoms with Gasteiger partial charge in [0.2, 0.25) is 0 Å². The second-order valence-corrected chi connectivity index (χ2v) is 3.45. The van der Waals surface area contributed by atoms with Crippen LogP contribution in [0.1, 0.15) is 24.2 Å². The van der Waals surface area contributed by atoms with Crippen molar-refractivity contribution in [2.45, 2.75) is 19.5 Å². The van der Waals surface area contributed by atoms with Crippen molar-refractivity contribution in [1.29, 1.82) is 0 Å². The molecule has 2 rings (SSSR count). The Morgan fingerprint density at radius 2 is 2.17 bits per heavy atom. The molecule has 0 saturated carbocycles. The Hall–Kier alpha value is -1.03. The summed E-state index contributed by atoms with van der Waals surface area (Å²) in [6.45, 7) is 2.92. The van der Waals surface area contributed by atoms with E-state index in [1.165, 1.54) is 0 Å². The molecule has 0 spiro atoms. The van der Waals surface area contributed by atoms with Gasteiger partial charge in [-0.1, -0.05) is 0 Å². The molecule has 1 aromatic heterocycles. The maximum Gasteiger partial charge on any atom is 0.269 e. The SMILES string of the molecule is CC1c2c(n(C)[nH]c2=O)CN1C. The Morgan fingerprint density at radius 3 is 2.75 bits per heavy atom. The molecule has 4 nitrogen and oxygen atoms in total. The lowest BCUT2D eigenvalue weighted by Gasteiger charge is -2.13. The van der Waals surface area contributed by atoms with Crippen LogP contribution >= 0.6 is 0 Å². The van der Waals surface area contributed by atoms with Crippen LogP contribution in [0.3, 0.4) is 0 Å². The highest BCUT2D eigenvalue weighted by Crippen LogP contribution is 2.27. The minimum absolute atomic E-state index is 0.0596. The van der Waals surface area contributed by atoms with E-state index in [1.54, 1.807) is 0 Å². The van der Waals surface area contributed by atoms with Gasteiger partial charge in [0.05, 0.1) is 11.3 Å². The summed E-state index contributed by atoms with van der Waals surface area (Å²) in [4.78, 5) is 13.6. The second-order valence-electron chi connectivity index (χ2n) is 3.45. The van der Waals surface area contributed by atoms with E-state index in [2.05, 4.69) is 16.9 Å². The molecule has 0 bridgehead atoms. The topological polar surface area (TPSA) is 41.0 Å². The molecule has 1 atom stereocenters. The van der Waals surface area contributed by atoms with Crippen LogP contribution in [-0.2, 0) is 13.6 Å². The maximum atomic E-state index is 11.4. The number of hydrogen-bond donors (Lipinski definition) is 1. The van der Waals surface area contributed by atoms with Crippen molar-refractivity contribution in [1.82, 2.24) is 14.7 Å². The molecule has 0 amide bonds. The summed E-state index contributed by atoms with van der Waals surface area (Å²) in [5.74, 6) is 0. The quantitative estimate of drug-likeness (QED) is 0.600. The van der Waals surface area contributed by atoms with Gasteiger partial charge in [-0.25, -0.2) is 0 Å². The normalized spacial score (nSPS) is 23.1. The Balaban J connectivity index is 2.63. The van der Waals surface area contributed by atoms with Crippen molar-refractivity contribution in [3.63, 3.8) is 0 Å². The Bertz CT molecular complexity index is 363. The third-order valence-electron chi connectivity index (χ3n) is 2.71. The van der Waals surface area contributed by atoms with Gasteiger partial charge in [0.25, 0.3) is 5.56 Å². The van der Waals surface area contributed by atoms with Gasteiger partial charge in [0.1, 0.15) is 0 Å². The summed E-state index contributed by atoms with van der Waals surface area (Å²) in [5, 5.41) is 2.76. The lowest BCUT2D eigenvalue weighted by molar-refractivity contribution is 0.279. The van der Waals surface area contributed by atoms with Crippen molar-refractivity contribution in [2.24, 2.45) is 7.05 Å². The van der Waals surface area contributed by atoms with Gasteiger partial charge in [-0.15, -0.1) is 0 Å². The van der Waals surface area contributed by atoms with E-state index in [0.717, 1.165) is 17.8 Å². The number of aromatic nitrogens is 2. The molecule has 0 aromatic carbocycles. The number of aromatic amines is 1. The number of nitrogens with zero attached hydrogens (tertiary/aromatic N) is 2. The first kappa shape index (κ1) is 7.61. The van der Waals surface area contributed by atoms with Gasteiger partial charge in [-0.2, -0.15) is 0 Å². The van der Waals surface area contributed by atoms with E-state index in [0.29, 0.717) is 0 Å². The number of H-pyrrole nitrogens is 1. The van der Waals surface area contributed by atoms with Crippen molar-refractivity contribution >= 4 is 0 Å². The van der Waals surface area contributed by atoms with Crippen molar-refractivity contribution < 1.29 is 0 Å². The molecule has 1 aromatic rings. The largest absolute Gasteiger partial charge is 0.294 e. The summed E-state index contributed by atoms with van der Waals surface area (Å²) in [6.07, 6.45) is 0. The molecule has 1 N–H and O–H groups in total. The standard InChI is InChI=1S/C8H13N3O/c1-5-7-6(4-10(5)2)11(3)9-8(7)12/h5H,4H2,1-3H3,(H,9,12). The van der Waals surface area contributed by atoms with E-state index in [4.69, 9.17) is 0 Å². The average Bonchev–Trinajstić information content (AvgIpc) is 2.41. The van der Waals surface area contributed by atoms with Crippen LogP contribution in [0.15, 0.2) is 4.79 Å². The van der Waals surface area contributed by atoms with Crippen LogP contribution in [-0.4, -0.2) is 21.7 Å². The van der Waals surface area contributed by atoms with Crippen LogP contribution in [0, 0.1) is 0 Å². The molecule has 2 heterocycles. The number of rotatable bonds is 0. The Labute approximate surface area is 70.8 Å². The van der Waals surface area contributed by atoms with Gasteiger partial charge in [-0.05, 0) is 14.0 Å². The first-order valence-electron chi connectivity index (χ1n) is 4.09. The van der Waals surface area contributed by atoms with Crippen LogP contribution in [0.4, 0.5) is 0 Å². The Kier molecular flexibility index (Phi) is 1.41. The molecular formula is C8H13N3O. The molecule has 0 fully saturated rings. The zero-order chi connectivity index (χ0) is 8.88. The molecule has 1 aliphatic heterocycles.